The highest BCUT2D eigenvalue weighted by molar-refractivity contribution is 9.10. The zero-order valence-corrected chi connectivity index (χ0v) is 12.0. The molecular weight excluding hydrogens is 296 g/mol. The van der Waals surface area contributed by atoms with Crippen LogP contribution in [-0.4, -0.2) is 27.5 Å². The summed E-state index contributed by atoms with van der Waals surface area (Å²) in [5.41, 5.74) is 2.00. The molecule has 0 radical (unpaired) electrons. The van der Waals surface area contributed by atoms with Gasteiger partial charge in [-0.1, -0.05) is 35.0 Å². The van der Waals surface area contributed by atoms with E-state index >= 15 is 0 Å². The van der Waals surface area contributed by atoms with Crippen molar-refractivity contribution in [2.24, 2.45) is 0 Å². The lowest BCUT2D eigenvalue weighted by Gasteiger charge is -2.11. The monoisotopic (exact) mass is 310 g/mol. The molecule has 96 valence electrons. The molecule has 5 heteroatoms. The third-order valence-electron chi connectivity index (χ3n) is 2.85. The van der Waals surface area contributed by atoms with Crippen molar-refractivity contribution < 1.29 is 9.53 Å². The molecule has 1 aromatic carbocycles. The molecule has 2 rings (SSSR count). The van der Waals surface area contributed by atoms with Crippen LogP contribution in [0.25, 0.3) is 11.0 Å². The number of methoxy groups -OCH3 is 1. The lowest BCUT2D eigenvalue weighted by molar-refractivity contribution is -0.140. The van der Waals surface area contributed by atoms with E-state index in [1.54, 1.807) is 0 Å². The van der Waals surface area contributed by atoms with Crippen LogP contribution in [0.15, 0.2) is 24.3 Å². The van der Waals surface area contributed by atoms with Crippen molar-refractivity contribution in [3.05, 3.63) is 30.1 Å². The number of esters is 1. The molecule has 0 N–H and O–H groups in total. The number of ether oxygens (including phenoxy) is 1. The van der Waals surface area contributed by atoms with Gasteiger partial charge in [0.1, 0.15) is 10.7 Å². The maximum atomic E-state index is 11.5. The molecule has 0 bridgehead atoms. The number of para-hydroxylation sites is 2. The summed E-state index contributed by atoms with van der Waals surface area (Å²) in [7, 11) is 1.39. The number of halogens is 1. The summed E-state index contributed by atoms with van der Waals surface area (Å²) in [5, 5.41) is 0. The standard InChI is InChI=1S/C13H15BrN2O2/c1-3-12-15-10-6-4-5-7-11(10)16(12)8-9(14)13(17)18-2/h4-7,9H,3,8H2,1-2H3. The number of carbonyl (C=O) groups is 1. The van der Waals surface area contributed by atoms with Crippen LogP contribution >= 0.6 is 15.9 Å². The summed E-state index contributed by atoms with van der Waals surface area (Å²) in [4.78, 5) is 15.7. The second-order valence-electron chi connectivity index (χ2n) is 3.97. The number of nitrogens with zero attached hydrogens (tertiary/aromatic N) is 2. The number of alkyl halides is 1. The third-order valence-corrected chi connectivity index (χ3v) is 3.51. The number of hydrogen-bond donors (Lipinski definition) is 0. The second kappa shape index (κ2) is 5.52. The molecule has 2 aromatic rings. The van der Waals surface area contributed by atoms with E-state index < -0.39 is 0 Å². The molecule has 1 atom stereocenters. The van der Waals surface area contributed by atoms with Crippen LogP contribution in [0.2, 0.25) is 0 Å². The minimum atomic E-state index is -0.356. The zero-order chi connectivity index (χ0) is 13.1. The minimum absolute atomic E-state index is 0.269. The number of aromatic nitrogens is 2. The lowest BCUT2D eigenvalue weighted by Crippen LogP contribution is -2.22. The van der Waals surface area contributed by atoms with Gasteiger partial charge in [0.15, 0.2) is 0 Å². The molecule has 18 heavy (non-hydrogen) atoms. The Kier molecular flexibility index (Phi) is 4.01. The summed E-state index contributed by atoms with van der Waals surface area (Å²) < 4.78 is 6.79. The van der Waals surface area contributed by atoms with Gasteiger partial charge in [-0.15, -0.1) is 0 Å². The van der Waals surface area contributed by atoms with Crippen LogP contribution in [0.4, 0.5) is 0 Å². The normalized spacial score (nSPS) is 12.6. The smallest absolute Gasteiger partial charge is 0.321 e. The van der Waals surface area contributed by atoms with Crippen LogP contribution in [-0.2, 0) is 22.5 Å². The molecular formula is C13H15BrN2O2. The van der Waals surface area contributed by atoms with E-state index in [1.807, 2.05) is 24.3 Å². The Morgan fingerprint density at radius 2 is 2.22 bits per heavy atom. The van der Waals surface area contributed by atoms with Crippen LogP contribution < -0.4 is 0 Å². The quantitative estimate of drug-likeness (QED) is 0.644. The van der Waals surface area contributed by atoms with Crippen LogP contribution in [0.3, 0.4) is 0 Å². The Labute approximate surface area is 114 Å². The molecule has 4 nitrogen and oxygen atoms in total. The zero-order valence-electron chi connectivity index (χ0n) is 10.4. The van der Waals surface area contributed by atoms with Crippen molar-refractivity contribution in [2.45, 2.75) is 24.7 Å². The van der Waals surface area contributed by atoms with E-state index in [1.165, 1.54) is 7.11 Å². The molecule has 0 aliphatic heterocycles. The Morgan fingerprint density at radius 3 is 2.89 bits per heavy atom. The first kappa shape index (κ1) is 13.1. The van der Waals surface area contributed by atoms with Gasteiger partial charge in [-0.05, 0) is 12.1 Å². The Bertz CT molecular complexity index is 565. The van der Waals surface area contributed by atoms with E-state index in [4.69, 9.17) is 4.74 Å². The first-order chi connectivity index (χ1) is 8.67. The van der Waals surface area contributed by atoms with E-state index in [9.17, 15) is 4.79 Å². The van der Waals surface area contributed by atoms with Crippen molar-refractivity contribution in [1.29, 1.82) is 0 Å². The SMILES string of the molecule is CCc1nc2ccccc2n1CC(Br)C(=O)OC. The molecule has 0 aliphatic carbocycles. The molecule has 1 heterocycles. The average molecular weight is 311 g/mol. The number of aryl methyl sites for hydroxylation is 1. The van der Waals surface area contributed by atoms with Gasteiger partial charge < -0.3 is 9.30 Å². The second-order valence-corrected chi connectivity index (χ2v) is 5.08. The molecule has 0 amide bonds. The Hall–Kier alpha value is -1.36. The fraction of sp³-hybridized carbons (Fsp3) is 0.385. The predicted molar refractivity (Wildman–Crippen MR) is 73.8 cm³/mol. The maximum absolute atomic E-state index is 11.5. The first-order valence-electron chi connectivity index (χ1n) is 5.83. The summed E-state index contributed by atoms with van der Waals surface area (Å²) >= 11 is 3.35. The van der Waals surface area contributed by atoms with Crippen LogP contribution in [0.1, 0.15) is 12.7 Å². The number of benzene rings is 1. The van der Waals surface area contributed by atoms with Gasteiger partial charge >= 0.3 is 5.97 Å². The summed E-state index contributed by atoms with van der Waals surface area (Å²) in [6.45, 7) is 2.58. The molecule has 0 aliphatic rings. The molecule has 0 saturated heterocycles. The number of carbonyl (C=O) groups excluding carboxylic acids is 1. The summed E-state index contributed by atoms with van der Waals surface area (Å²) in [6.07, 6.45) is 0.829. The van der Waals surface area contributed by atoms with Gasteiger partial charge in [0, 0.05) is 13.0 Å². The number of hydrogen-bond acceptors (Lipinski definition) is 3. The molecule has 0 spiro atoms. The fourth-order valence-corrected chi connectivity index (χ4v) is 2.44. The van der Waals surface area contributed by atoms with Crippen LogP contribution in [0.5, 0.6) is 0 Å². The van der Waals surface area contributed by atoms with E-state index in [0.717, 1.165) is 23.3 Å². The number of rotatable bonds is 4. The van der Waals surface area contributed by atoms with Crippen molar-refractivity contribution >= 4 is 32.9 Å². The van der Waals surface area contributed by atoms with Crippen LogP contribution in [0, 0.1) is 0 Å². The highest BCUT2D eigenvalue weighted by Crippen LogP contribution is 2.19. The first-order valence-corrected chi connectivity index (χ1v) is 6.75. The minimum Gasteiger partial charge on any atom is -0.468 e. The molecule has 1 aromatic heterocycles. The van der Waals surface area contributed by atoms with Gasteiger partial charge in [-0.25, -0.2) is 4.98 Å². The molecule has 1 unspecified atom stereocenters. The van der Waals surface area contributed by atoms with Crippen molar-refractivity contribution in [3.63, 3.8) is 0 Å². The molecule has 0 saturated carbocycles. The largest absolute Gasteiger partial charge is 0.468 e. The highest BCUT2D eigenvalue weighted by Gasteiger charge is 2.19. The van der Waals surface area contributed by atoms with Gasteiger partial charge in [-0.3, -0.25) is 4.79 Å². The lowest BCUT2D eigenvalue weighted by atomic mass is 10.3. The predicted octanol–water partition coefficient (Wildman–Crippen LogP) is 2.54. The number of imidazole rings is 1. The van der Waals surface area contributed by atoms with Crippen molar-refractivity contribution in [2.75, 3.05) is 7.11 Å². The van der Waals surface area contributed by atoms with Gasteiger partial charge in [0.05, 0.1) is 18.1 Å². The topological polar surface area (TPSA) is 44.1 Å². The van der Waals surface area contributed by atoms with E-state index in [2.05, 4.69) is 32.4 Å². The Morgan fingerprint density at radius 1 is 1.50 bits per heavy atom. The number of fused-ring (bicyclic) bond motifs is 1. The maximum Gasteiger partial charge on any atom is 0.321 e. The summed E-state index contributed by atoms with van der Waals surface area (Å²) in [6, 6.07) is 7.93. The van der Waals surface area contributed by atoms with Crippen molar-refractivity contribution in [1.82, 2.24) is 9.55 Å². The molecule has 0 fully saturated rings. The third kappa shape index (κ3) is 2.41. The average Bonchev–Trinajstić information content (AvgIpc) is 2.76. The fourth-order valence-electron chi connectivity index (χ4n) is 1.96. The summed E-state index contributed by atoms with van der Waals surface area (Å²) in [5.74, 6) is 0.708. The van der Waals surface area contributed by atoms with E-state index in [-0.39, 0.29) is 10.8 Å². The van der Waals surface area contributed by atoms with Gasteiger partial charge in [0.2, 0.25) is 0 Å². The highest BCUT2D eigenvalue weighted by atomic mass is 79.9. The van der Waals surface area contributed by atoms with Gasteiger partial charge in [-0.2, -0.15) is 0 Å². The Balaban J connectivity index is 2.39. The van der Waals surface area contributed by atoms with Gasteiger partial charge in [0.25, 0.3) is 0 Å². The van der Waals surface area contributed by atoms with Crippen molar-refractivity contribution in [3.8, 4) is 0 Å². The van der Waals surface area contributed by atoms with E-state index in [0.29, 0.717) is 6.54 Å².